The second-order valence-electron chi connectivity index (χ2n) is 4.80. The van der Waals surface area contributed by atoms with Gasteiger partial charge in [-0.15, -0.1) is 0 Å². The van der Waals surface area contributed by atoms with E-state index in [2.05, 4.69) is 9.89 Å². The molecular weight excluding hydrogens is 260 g/mol. The van der Waals surface area contributed by atoms with Gasteiger partial charge in [-0.25, -0.2) is 9.79 Å². The highest BCUT2D eigenvalue weighted by atomic mass is 16.6. The van der Waals surface area contributed by atoms with Crippen LogP contribution in [0.25, 0.3) is 0 Å². The molecule has 2 N–H and O–H groups in total. The monoisotopic (exact) mass is 280 g/mol. The van der Waals surface area contributed by atoms with Crippen molar-refractivity contribution in [1.82, 2.24) is 9.80 Å². The summed E-state index contributed by atoms with van der Waals surface area (Å²) in [5.41, 5.74) is 6.68. The van der Waals surface area contributed by atoms with E-state index in [0.29, 0.717) is 25.4 Å². The van der Waals surface area contributed by atoms with Crippen molar-refractivity contribution in [2.75, 3.05) is 40.4 Å². The molecule has 0 aliphatic carbocycles. The number of aliphatic imine (C=N–C) groups is 1. The molecule has 110 valence electrons. The Hall–Kier alpha value is -2.02. The SMILES string of the molecule is CN(C)C(=O)OC1=C(N)N=CCC1=CN1CCOCC1. The van der Waals surface area contributed by atoms with E-state index in [0.717, 1.165) is 18.7 Å². The van der Waals surface area contributed by atoms with Gasteiger partial charge in [-0.2, -0.15) is 0 Å². The number of morpholine rings is 1. The first-order valence-electron chi connectivity index (χ1n) is 6.52. The number of amides is 1. The molecule has 1 amide bonds. The molecule has 0 aromatic carbocycles. The molecule has 1 fully saturated rings. The quantitative estimate of drug-likeness (QED) is 0.797. The fourth-order valence-electron chi connectivity index (χ4n) is 1.89. The van der Waals surface area contributed by atoms with Crippen LogP contribution >= 0.6 is 0 Å². The topological polar surface area (TPSA) is 80.4 Å². The third-order valence-corrected chi connectivity index (χ3v) is 3.00. The molecule has 0 saturated carbocycles. The van der Waals surface area contributed by atoms with Crippen LogP contribution in [0.3, 0.4) is 0 Å². The summed E-state index contributed by atoms with van der Waals surface area (Å²) in [5.74, 6) is 0.573. The van der Waals surface area contributed by atoms with Gasteiger partial charge >= 0.3 is 6.09 Å². The van der Waals surface area contributed by atoms with Crippen molar-refractivity contribution in [2.24, 2.45) is 10.7 Å². The van der Waals surface area contributed by atoms with Gasteiger partial charge in [0.05, 0.1) is 13.2 Å². The summed E-state index contributed by atoms with van der Waals surface area (Å²) < 4.78 is 10.6. The Morgan fingerprint density at radius 2 is 2.20 bits per heavy atom. The fraction of sp³-hybridized carbons (Fsp3) is 0.538. The lowest BCUT2D eigenvalue weighted by atomic mass is 10.1. The summed E-state index contributed by atoms with van der Waals surface area (Å²) in [6, 6.07) is 0. The zero-order valence-corrected chi connectivity index (χ0v) is 11.8. The zero-order valence-electron chi connectivity index (χ0n) is 11.8. The molecular formula is C13H20N4O3. The van der Waals surface area contributed by atoms with Gasteiger partial charge < -0.3 is 25.0 Å². The molecule has 2 heterocycles. The van der Waals surface area contributed by atoms with Crippen molar-refractivity contribution in [2.45, 2.75) is 6.42 Å². The van der Waals surface area contributed by atoms with E-state index < -0.39 is 6.09 Å². The van der Waals surface area contributed by atoms with Crippen LogP contribution in [0.5, 0.6) is 0 Å². The molecule has 2 aliphatic rings. The van der Waals surface area contributed by atoms with Crippen LogP contribution in [0.2, 0.25) is 0 Å². The molecule has 2 rings (SSSR count). The maximum atomic E-state index is 11.7. The van der Waals surface area contributed by atoms with Gasteiger partial charge in [-0.1, -0.05) is 0 Å². The van der Waals surface area contributed by atoms with E-state index in [4.69, 9.17) is 15.2 Å². The Labute approximate surface area is 118 Å². The second-order valence-corrected chi connectivity index (χ2v) is 4.80. The van der Waals surface area contributed by atoms with Crippen molar-refractivity contribution in [3.8, 4) is 0 Å². The number of nitrogens with zero attached hydrogens (tertiary/aromatic N) is 3. The van der Waals surface area contributed by atoms with Gasteiger partial charge in [0.25, 0.3) is 0 Å². The minimum atomic E-state index is -0.465. The summed E-state index contributed by atoms with van der Waals surface area (Å²) >= 11 is 0. The third-order valence-electron chi connectivity index (χ3n) is 3.00. The maximum Gasteiger partial charge on any atom is 0.414 e. The van der Waals surface area contributed by atoms with Gasteiger partial charge in [0.2, 0.25) is 0 Å². The highest BCUT2D eigenvalue weighted by molar-refractivity contribution is 5.72. The van der Waals surface area contributed by atoms with Crippen molar-refractivity contribution >= 4 is 12.3 Å². The molecule has 0 aromatic rings. The first kappa shape index (κ1) is 14.4. The van der Waals surface area contributed by atoms with E-state index in [1.807, 2.05) is 6.20 Å². The van der Waals surface area contributed by atoms with Crippen LogP contribution in [0.1, 0.15) is 6.42 Å². The van der Waals surface area contributed by atoms with Gasteiger partial charge in [0.1, 0.15) is 0 Å². The number of nitrogens with two attached hydrogens (primary N) is 1. The van der Waals surface area contributed by atoms with Gasteiger partial charge in [-0.3, -0.25) is 0 Å². The van der Waals surface area contributed by atoms with Crippen LogP contribution in [0.15, 0.2) is 28.3 Å². The number of carbonyl (C=O) groups is 1. The predicted octanol–water partition coefficient (Wildman–Crippen LogP) is 0.503. The first-order chi connectivity index (χ1) is 9.58. The average Bonchev–Trinajstić information content (AvgIpc) is 2.43. The third kappa shape index (κ3) is 3.51. The molecule has 0 atom stereocenters. The van der Waals surface area contributed by atoms with E-state index in [9.17, 15) is 4.79 Å². The summed E-state index contributed by atoms with van der Waals surface area (Å²) in [6.07, 6.45) is 3.81. The lowest BCUT2D eigenvalue weighted by Crippen LogP contribution is -2.33. The number of ether oxygens (including phenoxy) is 2. The second kappa shape index (κ2) is 6.42. The first-order valence-corrected chi connectivity index (χ1v) is 6.52. The highest BCUT2D eigenvalue weighted by Gasteiger charge is 2.20. The summed E-state index contributed by atoms with van der Waals surface area (Å²) in [6.45, 7) is 3.03. The number of allylic oxidation sites excluding steroid dienone is 1. The molecule has 0 radical (unpaired) electrons. The standard InChI is InChI=1S/C13H20N4O3/c1-16(2)13(18)20-11-10(3-4-15-12(11)14)9-17-5-7-19-8-6-17/h4,9H,3,5-8,14H2,1-2H3. The molecule has 0 spiro atoms. The maximum absolute atomic E-state index is 11.7. The molecule has 2 aliphatic heterocycles. The normalized spacial score (nSPS) is 21.3. The molecule has 0 unspecified atom stereocenters. The summed E-state index contributed by atoms with van der Waals surface area (Å²) in [4.78, 5) is 19.2. The summed E-state index contributed by atoms with van der Waals surface area (Å²) in [5, 5.41) is 0. The molecule has 0 bridgehead atoms. The highest BCUT2D eigenvalue weighted by Crippen LogP contribution is 2.23. The lowest BCUT2D eigenvalue weighted by molar-refractivity contribution is 0.0588. The molecule has 0 aromatic heterocycles. The lowest BCUT2D eigenvalue weighted by Gasteiger charge is -2.27. The van der Waals surface area contributed by atoms with Gasteiger partial charge in [0.15, 0.2) is 11.6 Å². The minimum Gasteiger partial charge on any atom is -0.406 e. The van der Waals surface area contributed by atoms with E-state index >= 15 is 0 Å². The Kier molecular flexibility index (Phi) is 4.62. The molecule has 1 saturated heterocycles. The fourth-order valence-corrected chi connectivity index (χ4v) is 1.89. The van der Waals surface area contributed by atoms with Crippen LogP contribution < -0.4 is 5.73 Å². The van der Waals surface area contributed by atoms with E-state index in [1.54, 1.807) is 20.3 Å². The average molecular weight is 280 g/mol. The Balaban J connectivity index is 2.16. The number of hydrogen-bond donors (Lipinski definition) is 1. The van der Waals surface area contributed by atoms with Crippen LogP contribution in [-0.2, 0) is 9.47 Å². The Morgan fingerprint density at radius 1 is 1.50 bits per heavy atom. The molecule has 7 nitrogen and oxygen atoms in total. The van der Waals surface area contributed by atoms with Gasteiger partial charge in [-0.05, 0) is 0 Å². The van der Waals surface area contributed by atoms with Crippen LogP contribution in [0.4, 0.5) is 4.79 Å². The Bertz CT molecular complexity index is 462. The number of carbonyl (C=O) groups excluding carboxylic acids is 1. The summed E-state index contributed by atoms with van der Waals surface area (Å²) in [7, 11) is 3.24. The van der Waals surface area contributed by atoms with Crippen molar-refractivity contribution < 1.29 is 14.3 Å². The number of hydrogen-bond acceptors (Lipinski definition) is 6. The largest absolute Gasteiger partial charge is 0.414 e. The van der Waals surface area contributed by atoms with Crippen LogP contribution in [0, 0.1) is 0 Å². The van der Waals surface area contributed by atoms with E-state index in [-0.39, 0.29) is 5.82 Å². The van der Waals surface area contributed by atoms with Crippen LogP contribution in [-0.4, -0.2) is 62.5 Å². The predicted molar refractivity (Wildman–Crippen MR) is 75.0 cm³/mol. The van der Waals surface area contributed by atoms with E-state index in [1.165, 1.54) is 4.90 Å². The van der Waals surface area contributed by atoms with Crippen molar-refractivity contribution in [1.29, 1.82) is 0 Å². The number of rotatable bonds is 2. The zero-order chi connectivity index (χ0) is 14.5. The minimum absolute atomic E-state index is 0.228. The Morgan fingerprint density at radius 3 is 2.85 bits per heavy atom. The van der Waals surface area contributed by atoms with Gasteiger partial charge in [0, 0.05) is 51.6 Å². The molecule has 20 heavy (non-hydrogen) atoms. The van der Waals surface area contributed by atoms with Crippen molar-refractivity contribution in [3.63, 3.8) is 0 Å². The smallest absolute Gasteiger partial charge is 0.406 e. The molecule has 7 heteroatoms. The van der Waals surface area contributed by atoms with Crippen molar-refractivity contribution in [3.05, 3.63) is 23.4 Å².